The van der Waals surface area contributed by atoms with Gasteiger partial charge in [-0.2, -0.15) is 0 Å². The number of aryl methyl sites for hydroxylation is 1. The van der Waals surface area contributed by atoms with Gasteiger partial charge in [0.05, 0.1) is 10.3 Å². The maximum atomic E-state index is 13.3. The van der Waals surface area contributed by atoms with Gasteiger partial charge >= 0.3 is 0 Å². The quantitative estimate of drug-likeness (QED) is 0.695. The standard InChI is InChI=1S/C23H25ClO3S/c1-6-14-7-8-16(15-9-11-17(24)12-10-15)13-18(14)19-20(25)22(2,3)28(27)23(4,5)21(19)26/h7-13,25H,6H2,1-5H3. The summed E-state index contributed by atoms with van der Waals surface area (Å²) in [5.74, 6) is -0.385. The van der Waals surface area contributed by atoms with Crippen molar-refractivity contribution >= 4 is 33.8 Å². The number of carbonyl (C=O) groups is 1. The van der Waals surface area contributed by atoms with Gasteiger partial charge in [0, 0.05) is 15.8 Å². The average molecular weight is 417 g/mol. The van der Waals surface area contributed by atoms with E-state index in [0.29, 0.717) is 17.0 Å². The Bertz CT molecular complexity index is 1000. The third-order valence-corrected chi connectivity index (χ3v) is 7.93. The smallest absolute Gasteiger partial charge is 0.184 e. The van der Waals surface area contributed by atoms with E-state index in [1.807, 2.05) is 49.4 Å². The van der Waals surface area contributed by atoms with Crippen molar-refractivity contribution in [3.8, 4) is 11.1 Å². The fourth-order valence-corrected chi connectivity index (χ4v) is 5.66. The Morgan fingerprint density at radius 1 is 0.964 bits per heavy atom. The number of allylic oxidation sites excluding steroid dienone is 1. The number of hydrogen-bond donors (Lipinski definition) is 1. The number of benzene rings is 2. The van der Waals surface area contributed by atoms with Crippen molar-refractivity contribution in [2.75, 3.05) is 0 Å². The van der Waals surface area contributed by atoms with Crippen molar-refractivity contribution in [1.29, 1.82) is 0 Å². The van der Waals surface area contributed by atoms with E-state index in [0.717, 1.165) is 16.7 Å². The Morgan fingerprint density at radius 2 is 1.54 bits per heavy atom. The fraction of sp³-hybridized carbons (Fsp3) is 0.348. The molecule has 0 spiro atoms. The predicted molar refractivity (Wildman–Crippen MR) is 117 cm³/mol. The Kier molecular flexibility index (Phi) is 5.32. The van der Waals surface area contributed by atoms with Crippen molar-refractivity contribution in [3.63, 3.8) is 0 Å². The van der Waals surface area contributed by atoms with E-state index < -0.39 is 20.3 Å². The first-order chi connectivity index (χ1) is 13.0. The zero-order valence-electron chi connectivity index (χ0n) is 16.8. The molecule has 28 heavy (non-hydrogen) atoms. The van der Waals surface area contributed by atoms with E-state index in [1.165, 1.54) is 0 Å². The van der Waals surface area contributed by atoms with Gasteiger partial charge in [-0.05, 0) is 74.6 Å². The van der Waals surface area contributed by atoms with Gasteiger partial charge in [0.15, 0.2) is 5.78 Å². The summed E-state index contributed by atoms with van der Waals surface area (Å²) in [5, 5.41) is 11.6. The van der Waals surface area contributed by atoms with Crippen LogP contribution in [0.1, 0.15) is 45.7 Å². The summed E-state index contributed by atoms with van der Waals surface area (Å²) < 4.78 is 10.8. The maximum Gasteiger partial charge on any atom is 0.184 e. The molecule has 2 aromatic rings. The molecule has 2 aromatic carbocycles. The van der Waals surface area contributed by atoms with E-state index in [-0.39, 0.29) is 17.1 Å². The predicted octanol–water partition coefficient (Wildman–Crippen LogP) is 5.73. The molecule has 0 amide bonds. The molecule has 0 fully saturated rings. The van der Waals surface area contributed by atoms with Crippen LogP contribution in [-0.4, -0.2) is 24.6 Å². The number of hydrogen-bond acceptors (Lipinski definition) is 3. The molecule has 0 bridgehead atoms. The molecular formula is C23H25ClO3S. The number of aliphatic hydroxyl groups is 1. The largest absolute Gasteiger partial charge is 0.510 e. The molecular weight excluding hydrogens is 392 g/mol. The molecule has 0 saturated heterocycles. The molecule has 1 N–H and O–H groups in total. The summed E-state index contributed by atoms with van der Waals surface area (Å²) in [4.78, 5) is 13.3. The molecule has 3 rings (SSSR count). The SMILES string of the molecule is CCc1ccc(-c2ccc(Cl)cc2)cc1C1=C(O)C(C)(C)S(=O)C(C)(C)C1=O. The minimum Gasteiger partial charge on any atom is -0.510 e. The zero-order valence-corrected chi connectivity index (χ0v) is 18.4. The highest BCUT2D eigenvalue weighted by atomic mass is 35.5. The van der Waals surface area contributed by atoms with Crippen molar-refractivity contribution in [3.05, 3.63) is 64.4 Å². The molecule has 1 heterocycles. The van der Waals surface area contributed by atoms with Crippen LogP contribution in [0.15, 0.2) is 48.2 Å². The lowest BCUT2D eigenvalue weighted by molar-refractivity contribution is -0.115. The number of carbonyl (C=O) groups excluding carboxylic acids is 1. The Labute approximate surface area is 173 Å². The number of rotatable bonds is 3. The first-order valence-electron chi connectivity index (χ1n) is 9.31. The summed E-state index contributed by atoms with van der Waals surface area (Å²) >= 11 is 6.00. The summed E-state index contributed by atoms with van der Waals surface area (Å²) in [6.07, 6.45) is 0.713. The maximum absolute atomic E-state index is 13.3. The van der Waals surface area contributed by atoms with Gasteiger partial charge < -0.3 is 5.11 Å². The molecule has 1 atom stereocenters. The molecule has 0 saturated carbocycles. The van der Waals surface area contributed by atoms with Crippen molar-refractivity contribution in [2.24, 2.45) is 0 Å². The van der Waals surface area contributed by atoms with Crippen molar-refractivity contribution in [2.45, 2.75) is 50.5 Å². The highest BCUT2D eigenvalue weighted by molar-refractivity contribution is 7.89. The minimum atomic E-state index is -1.54. The van der Waals surface area contributed by atoms with Crippen LogP contribution in [-0.2, 0) is 22.0 Å². The van der Waals surface area contributed by atoms with Gasteiger partial charge in [0.1, 0.15) is 10.5 Å². The van der Waals surface area contributed by atoms with Crippen LogP contribution in [0.4, 0.5) is 0 Å². The first kappa shape index (κ1) is 20.8. The lowest BCUT2D eigenvalue weighted by atomic mass is 9.85. The number of ketones is 1. The summed E-state index contributed by atoms with van der Waals surface area (Å²) in [6.45, 7) is 8.84. The second-order valence-corrected chi connectivity index (χ2v) is 11.1. The highest BCUT2D eigenvalue weighted by Gasteiger charge is 2.52. The third kappa shape index (κ3) is 3.23. The summed E-state index contributed by atoms with van der Waals surface area (Å²) in [5.41, 5.74) is 3.85. The number of halogens is 1. The van der Waals surface area contributed by atoms with Gasteiger partial charge in [-0.25, -0.2) is 0 Å². The molecule has 148 valence electrons. The zero-order chi connectivity index (χ0) is 20.9. The Morgan fingerprint density at radius 3 is 2.11 bits per heavy atom. The molecule has 0 aliphatic carbocycles. The summed E-state index contributed by atoms with van der Waals surface area (Å²) in [6, 6.07) is 13.4. The van der Waals surface area contributed by atoms with E-state index in [2.05, 4.69) is 0 Å². The second-order valence-electron chi connectivity index (χ2n) is 8.07. The van der Waals surface area contributed by atoms with Gasteiger partial charge in [-0.15, -0.1) is 0 Å². The fourth-order valence-electron chi connectivity index (χ4n) is 3.71. The van der Waals surface area contributed by atoms with Crippen LogP contribution in [0.5, 0.6) is 0 Å². The topological polar surface area (TPSA) is 54.4 Å². The van der Waals surface area contributed by atoms with Crippen molar-refractivity contribution in [1.82, 2.24) is 0 Å². The molecule has 3 nitrogen and oxygen atoms in total. The van der Waals surface area contributed by atoms with Crippen LogP contribution in [0.2, 0.25) is 5.02 Å². The number of Topliss-reactive ketones (excluding diaryl/α,β-unsaturated/α-hetero) is 1. The molecule has 1 unspecified atom stereocenters. The van der Waals surface area contributed by atoms with E-state index in [9.17, 15) is 14.1 Å². The van der Waals surface area contributed by atoms with Crippen LogP contribution < -0.4 is 0 Å². The summed E-state index contributed by atoms with van der Waals surface area (Å²) in [7, 11) is -1.54. The Balaban J connectivity index is 2.28. The first-order valence-corrected chi connectivity index (χ1v) is 10.8. The molecule has 1 aliphatic rings. The van der Waals surface area contributed by atoms with E-state index in [1.54, 1.807) is 27.7 Å². The molecule has 1 aliphatic heterocycles. The van der Waals surface area contributed by atoms with Crippen LogP contribution >= 0.6 is 11.6 Å². The lowest BCUT2D eigenvalue weighted by Crippen LogP contribution is -2.52. The highest BCUT2D eigenvalue weighted by Crippen LogP contribution is 2.44. The lowest BCUT2D eigenvalue weighted by Gasteiger charge is -2.39. The molecule has 0 radical (unpaired) electrons. The van der Waals surface area contributed by atoms with Gasteiger partial charge in [-0.3, -0.25) is 9.00 Å². The van der Waals surface area contributed by atoms with Crippen LogP contribution in [0, 0.1) is 0 Å². The van der Waals surface area contributed by atoms with E-state index in [4.69, 9.17) is 11.6 Å². The van der Waals surface area contributed by atoms with Crippen LogP contribution in [0.3, 0.4) is 0 Å². The monoisotopic (exact) mass is 416 g/mol. The Hall–Kier alpha value is -1.91. The van der Waals surface area contributed by atoms with E-state index >= 15 is 0 Å². The van der Waals surface area contributed by atoms with Gasteiger partial charge in [-0.1, -0.05) is 42.8 Å². The average Bonchev–Trinajstić information content (AvgIpc) is 2.66. The number of aliphatic hydroxyl groups excluding tert-OH is 1. The molecule has 5 heteroatoms. The second kappa shape index (κ2) is 7.16. The van der Waals surface area contributed by atoms with Crippen molar-refractivity contribution < 1.29 is 14.1 Å². The molecule has 0 aromatic heterocycles. The minimum absolute atomic E-state index is 0.0990. The van der Waals surface area contributed by atoms with Gasteiger partial charge in [0.2, 0.25) is 0 Å². The van der Waals surface area contributed by atoms with Crippen LogP contribution in [0.25, 0.3) is 16.7 Å². The third-order valence-electron chi connectivity index (χ3n) is 5.45. The normalized spacial score (nSPS) is 21.1. The van der Waals surface area contributed by atoms with Gasteiger partial charge in [0.25, 0.3) is 0 Å².